The first-order valence-corrected chi connectivity index (χ1v) is 3.61. The zero-order valence-electron chi connectivity index (χ0n) is 5.99. The third-order valence-electron chi connectivity index (χ3n) is 2.65. The summed E-state index contributed by atoms with van der Waals surface area (Å²) in [6.07, 6.45) is 3.12. The highest BCUT2D eigenvalue weighted by molar-refractivity contribution is 5.72. The minimum absolute atomic E-state index is 0.0116. The standard InChI is InChI=1S/C6H9N3O2/c7-5(10)9(8-11)4-3-6(4)1-2-6/h4H,1-3H2,(H2,7,10). The summed E-state index contributed by atoms with van der Waals surface area (Å²) in [6.45, 7) is 0. The smallest absolute Gasteiger partial charge is 0.338 e. The molecule has 0 radical (unpaired) electrons. The molecule has 2 aliphatic rings. The summed E-state index contributed by atoms with van der Waals surface area (Å²) in [5.41, 5.74) is 5.18. The van der Waals surface area contributed by atoms with Gasteiger partial charge in [-0.15, -0.1) is 4.91 Å². The highest BCUT2D eigenvalue weighted by Crippen LogP contribution is 2.67. The van der Waals surface area contributed by atoms with Crippen LogP contribution in [0.4, 0.5) is 4.79 Å². The second-order valence-corrected chi connectivity index (χ2v) is 3.35. The molecule has 0 aromatic carbocycles. The number of carbonyl (C=O) groups is 1. The van der Waals surface area contributed by atoms with E-state index >= 15 is 0 Å². The monoisotopic (exact) mass is 155 g/mol. The van der Waals surface area contributed by atoms with E-state index in [0.29, 0.717) is 0 Å². The third-order valence-corrected chi connectivity index (χ3v) is 2.65. The SMILES string of the molecule is NC(=O)N(N=O)C1CC12CC2. The number of hydrogen-bond donors (Lipinski definition) is 1. The first kappa shape index (κ1) is 6.57. The van der Waals surface area contributed by atoms with Crippen molar-refractivity contribution in [2.75, 3.05) is 0 Å². The second-order valence-electron chi connectivity index (χ2n) is 3.35. The van der Waals surface area contributed by atoms with E-state index in [2.05, 4.69) is 5.29 Å². The van der Waals surface area contributed by atoms with Crippen LogP contribution in [0.1, 0.15) is 19.3 Å². The Morgan fingerprint density at radius 3 is 2.55 bits per heavy atom. The minimum atomic E-state index is -0.728. The van der Waals surface area contributed by atoms with Gasteiger partial charge in [-0.25, -0.2) is 4.79 Å². The number of nitrogens with zero attached hydrogens (tertiary/aromatic N) is 2. The number of urea groups is 1. The molecule has 2 rings (SSSR count). The Labute approximate surface area is 63.5 Å². The molecule has 11 heavy (non-hydrogen) atoms. The van der Waals surface area contributed by atoms with Crippen LogP contribution in [0.3, 0.4) is 0 Å². The van der Waals surface area contributed by atoms with E-state index in [0.717, 1.165) is 24.3 Å². The number of nitrogens with two attached hydrogens (primary N) is 1. The van der Waals surface area contributed by atoms with E-state index < -0.39 is 6.03 Å². The van der Waals surface area contributed by atoms with Crippen LogP contribution in [-0.4, -0.2) is 17.1 Å². The van der Waals surface area contributed by atoms with Crippen LogP contribution in [0.15, 0.2) is 5.29 Å². The third kappa shape index (κ3) is 0.800. The fourth-order valence-corrected chi connectivity index (χ4v) is 1.62. The van der Waals surface area contributed by atoms with Gasteiger partial charge in [0.1, 0.15) is 0 Å². The van der Waals surface area contributed by atoms with Gasteiger partial charge in [0.2, 0.25) is 0 Å². The van der Waals surface area contributed by atoms with Crippen molar-refractivity contribution in [2.45, 2.75) is 25.3 Å². The van der Waals surface area contributed by atoms with E-state index in [1.54, 1.807) is 0 Å². The number of amides is 2. The highest BCUT2D eigenvalue weighted by atomic mass is 16.3. The summed E-state index contributed by atoms with van der Waals surface area (Å²) in [7, 11) is 0. The van der Waals surface area contributed by atoms with E-state index in [9.17, 15) is 9.70 Å². The maximum absolute atomic E-state index is 10.6. The Morgan fingerprint density at radius 2 is 2.27 bits per heavy atom. The van der Waals surface area contributed by atoms with E-state index in [1.807, 2.05) is 0 Å². The maximum Gasteiger partial charge on any atom is 0.338 e. The molecule has 60 valence electrons. The van der Waals surface area contributed by atoms with Crippen LogP contribution in [-0.2, 0) is 0 Å². The van der Waals surface area contributed by atoms with Crippen LogP contribution >= 0.6 is 0 Å². The average Bonchev–Trinajstić information content (AvgIpc) is 2.78. The lowest BCUT2D eigenvalue weighted by Crippen LogP contribution is -2.33. The molecule has 0 heterocycles. The van der Waals surface area contributed by atoms with Crippen molar-refractivity contribution in [3.63, 3.8) is 0 Å². The summed E-state index contributed by atoms with van der Waals surface area (Å²) >= 11 is 0. The van der Waals surface area contributed by atoms with Gasteiger partial charge in [0.15, 0.2) is 0 Å². The number of rotatable bonds is 2. The van der Waals surface area contributed by atoms with Crippen LogP contribution in [0.5, 0.6) is 0 Å². The van der Waals surface area contributed by atoms with Gasteiger partial charge in [0, 0.05) is 0 Å². The molecule has 5 heteroatoms. The van der Waals surface area contributed by atoms with Crippen molar-refractivity contribution in [1.29, 1.82) is 0 Å². The van der Waals surface area contributed by atoms with Crippen molar-refractivity contribution < 1.29 is 4.79 Å². The maximum atomic E-state index is 10.6. The summed E-state index contributed by atoms with van der Waals surface area (Å²) in [6, 6.07) is -0.716. The minimum Gasteiger partial charge on any atom is -0.350 e. The molecule has 0 bridgehead atoms. The molecule has 5 nitrogen and oxygen atoms in total. The highest BCUT2D eigenvalue weighted by Gasteiger charge is 2.66. The van der Waals surface area contributed by atoms with Gasteiger partial charge in [0.25, 0.3) is 0 Å². The van der Waals surface area contributed by atoms with Crippen molar-refractivity contribution in [2.24, 2.45) is 16.4 Å². The Balaban J connectivity index is 2.03. The predicted molar refractivity (Wildman–Crippen MR) is 37.3 cm³/mol. The quantitative estimate of drug-likeness (QED) is 0.468. The van der Waals surface area contributed by atoms with Crippen molar-refractivity contribution in [1.82, 2.24) is 5.01 Å². The van der Waals surface area contributed by atoms with Crippen molar-refractivity contribution >= 4 is 6.03 Å². The lowest BCUT2D eigenvalue weighted by Gasteiger charge is -2.08. The van der Waals surface area contributed by atoms with E-state index in [-0.39, 0.29) is 11.5 Å². The number of nitroso groups, excluding NO2 is 1. The molecule has 0 aromatic heterocycles. The van der Waals surface area contributed by atoms with Crippen molar-refractivity contribution in [3.8, 4) is 0 Å². The van der Waals surface area contributed by atoms with Gasteiger partial charge < -0.3 is 5.73 Å². The van der Waals surface area contributed by atoms with Gasteiger partial charge in [0.05, 0.1) is 11.3 Å². The number of primary amides is 1. The molecule has 1 spiro atoms. The van der Waals surface area contributed by atoms with Crippen LogP contribution in [0.25, 0.3) is 0 Å². The molecule has 1 atom stereocenters. The zero-order valence-corrected chi connectivity index (χ0v) is 5.99. The Hall–Kier alpha value is -1.13. The molecule has 2 N–H and O–H groups in total. The molecule has 2 amide bonds. The van der Waals surface area contributed by atoms with Gasteiger partial charge >= 0.3 is 6.03 Å². The zero-order chi connectivity index (χ0) is 8.06. The Bertz CT molecular complexity index is 224. The molecule has 0 aromatic rings. The van der Waals surface area contributed by atoms with E-state index in [1.165, 1.54) is 0 Å². The molecule has 2 fully saturated rings. The number of carbonyl (C=O) groups excluding carboxylic acids is 1. The Morgan fingerprint density at radius 1 is 1.64 bits per heavy atom. The molecule has 2 saturated carbocycles. The van der Waals surface area contributed by atoms with Gasteiger partial charge in [-0.1, -0.05) is 0 Å². The summed E-state index contributed by atoms with van der Waals surface area (Å²) in [5, 5.41) is 3.46. The number of hydrogen-bond acceptors (Lipinski definition) is 3. The molecular weight excluding hydrogens is 146 g/mol. The first-order valence-electron chi connectivity index (χ1n) is 3.61. The van der Waals surface area contributed by atoms with Gasteiger partial charge in [-0.3, -0.25) is 0 Å². The fraction of sp³-hybridized carbons (Fsp3) is 0.833. The molecule has 2 aliphatic carbocycles. The first-order chi connectivity index (χ1) is 5.19. The van der Waals surface area contributed by atoms with Crippen LogP contribution in [0.2, 0.25) is 0 Å². The summed E-state index contributed by atoms with van der Waals surface area (Å²) in [5.74, 6) is 0. The van der Waals surface area contributed by atoms with E-state index in [4.69, 9.17) is 5.73 Å². The van der Waals surface area contributed by atoms with Crippen LogP contribution < -0.4 is 5.73 Å². The van der Waals surface area contributed by atoms with Crippen LogP contribution in [0, 0.1) is 10.3 Å². The average molecular weight is 155 g/mol. The van der Waals surface area contributed by atoms with Crippen molar-refractivity contribution in [3.05, 3.63) is 4.91 Å². The van der Waals surface area contributed by atoms with Gasteiger partial charge in [-0.2, -0.15) is 5.01 Å². The fourth-order valence-electron chi connectivity index (χ4n) is 1.62. The lowest BCUT2D eigenvalue weighted by atomic mass is 10.4. The second kappa shape index (κ2) is 1.72. The Kier molecular flexibility index (Phi) is 1.03. The largest absolute Gasteiger partial charge is 0.350 e. The summed E-state index contributed by atoms with van der Waals surface area (Å²) < 4.78 is 0. The topological polar surface area (TPSA) is 75.8 Å². The van der Waals surface area contributed by atoms with Gasteiger partial charge in [-0.05, 0) is 24.7 Å². The molecular formula is C6H9N3O2. The predicted octanol–water partition coefficient (Wildman–Crippen LogP) is 0.601. The lowest BCUT2D eigenvalue weighted by molar-refractivity contribution is 0.202. The molecule has 1 unspecified atom stereocenters. The molecule has 0 aliphatic heterocycles. The molecule has 0 saturated heterocycles. The normalized spacial score (nSPS) is 29.6. The summed E-state index contributed by atoms with van der Waals surface area (Å²) in [4.78, 5) is 20.7.